The van der Waals surface area contributed by atoms with Gasteiger partial charge in [0.25, 0.3) is 16.6 Å². The van der Waals surface area contributed by atoms with Crippen LogP contribution in [0.3, 0.4) is 0 Å². The Kier molecular flexibility index (Phi) is 18.3. The first-order valence-electron chi connectivity index (χ1n) is 27.0. The number of ether oxygens (including phenoxy) is 1. The SMILES string of the molecule is CC(C)c1cccc(C(C)C)c1COC1=C(/C=C/c2ccc(N(CCO[Si](c3ccccc3)(c3ccccc3)C(C)(C)C)CCO[Si](c3ccccc3)(c3ccccc3)C(C)(C)C)cc2)CC(C)(C)C/C1=C\C=O. The molecule has 0 bridgehead atoms. The van der Waals surface area contributed by atoms with Gasteiger partial charge in [-0.3, -0.25) is 4.79 Å². The van der Waals surface area contributed by atoms with E-state index in [9.17, 15) is 4.79 Å². The molecule has 0 saturated carbocycles. The van der Waals surface area contributed by atoms with Crippen molar-refractivity contribution < 1.29 is 18.4 Å². The lowest BCUT2D eigenvalue weighted by Gasteiger charge is -2.44. The number of benzene rings is 6. The smallest absolute Gasteiger partial charge is 0.261 e. The van der Waals surface area contributed by atoms with E-state index in [0.717, 1.165) is 47.3 Å². The Hall–Kier alpha value is -5.84. The van der Waals surface area contributed by atoms with Crippen molar-refractivity contribution in [3.05, 3.63) is 215 Å². The maximum absolute atomic E-state index is 12.2. The molecule has 0 atom stereocenters. The van der Waals surface area contributed by atoms with Gasteiger partial charge >= 0.3 is 0 Å². The van der Waals surface area contributed by atoms with Crippen LogP contribution >= 0.6 is 0 Å². The lowest BCUT2D eigenvalue weighted by molar-refractivity contribution is -0.104. The molecule has 0 heterocycles. The third-order valence-electron chi connectivity index (χ3n) is 15.0. The lowest BCUT2D eigenvalue weighted by Crippen LogP contribution is -2.67. The van der Waals surface area contributed by atoms with Gasteiger partial charge in [0.15, 0.2) is 0 Å². The number of allylic oxidation sites excluding steroid dienone is 4. The van der Waals surface area contributed by atoms with Gasteiger partial charge in [0, 0.05) is 18.8 Å². The first-order valence-corrected chi connectivity index (χ1v) is 30.8. The summed E-state index contributed by atoms with van der Waals surface area (Å²) in [7, 11) is -5.59. The molecule has 1 aliphatic rings. The zero-order chi connectivity index (χ0) is 53.2. The molecule has 0 aliphatic heterocycles. The maximum Gasteiger partial charge on any atom is 0.261 e. The minimum absolute atomic E-state index is 0.0439. The summed E-state index contributed by atoms with van der Waals surface area (Å²) >= 11 is 0. The molecule has 0 radical (unpaired) electrons. The Bertz CT molecular complexity index is 2630. The number of rotatable bonds is 21. The zero-order valence-corrected chi connectivity index (χ0v) is 48.6. The van der Waals surface area contributed by atoms with E-state index in [1.807, 2.05) is 0 Å². The number of aldehydes is 1. The van der Waals surface area contributed by atoms with Crippen LogP contribution in [0.1, 0.15) is 130 Å². The predicted octanol–water partition coefficient (Wildman–Crippen LogP) is 14.3. The van der Waals surface area contributed by atoms with Crippen LogP contribution in [-0.4, -0.2) is 49.2 Å². The van der Waals surface area contributed by atoms with E-state index in [1.54, 1.807) is 6.08 Å². The zero-order valence-electron chi connectivity index (χ0n) is 46.6. The van der Waals surface area contributed by atoms with Crippen LogP contribution in [0.15, 0.2) is 193 Å². The van der Waals surface area contributed by atoms with Gasteiger partial charge in [-0.25, -0.2) is 0 Å². The molecular formula is C67H83NO4Si2. The second kappa shape index (κ2) is 24.2. The van der Waals surface area contributed by atoms with E-state index in [-0.39, 0.29) is 15.5 Å². The first-order chi connectivity index (χ1) is 35.3. The van der Waals surface area contributed by atoms with Gasteiger partial charge in [-0.05, 0) is 113 Å². The second-order valence-corrected chi connectivity index (χ2v) is 32.3. The molecule has 6 aromatic rings. The highest BCUT2D eigenvalue weighted by Crippen LogP contribution is 2.44. The number of anilines is 1. The van der Waals surface area contributed by atoms with Crippen LogP contribution in [0.2, 0.25) is 10.1 Å². The molecule has 388 valence electrons. The summed E-state index contributed by atoms with van der Waals surface area (Å²) < 4.78 is 22.0. The quantitative estimate of drug-likeness (QED) is 0.0408. The Labute approximate surface area is 447 Å². The summed E-state index contributed by atoms with van der Waals surface area (Å²) in [5.41, 5.74) is 8.08. The summed E-state index contributed by atoms with van der Waals surface area (Å²) in [4.78, 5) is 14.6. The highest BCUT2D eigenvalue weighted by Gasteiger charge is 2.51. The molecule has 0 unspecified atom stereocenters. The molecule has 7 rings (SSSR count). The maximum atomic E-state index is 12.2. The Balaban J connectivity index is 1.23. The average Bonchev–Trinajstić information content (AvgIpc) is 3.37. The van der Waals surface area contributed by atoms with Crippen LogP contribution < -0.4 is 25.6 Å². The molecule has 0 amide bonds. The summed E-state index contributed by atoms with van der Waals surface area (Å²) in [5, 5.41) is 4.81. The van der Waals surface area contributed by atoms with Gasteiger partial charge in [-0.1, -0.05) is 247 Å². The van der Waals surface area contributed by atoms with Crippen molar-refractivity contribution in [2.75, 3.05) is 31.2 Å². The predicted molar refractivity (Wildman–Crippen MR) is 318 cm³/mol. The molecule has 0 spiro atoms. The van der Waals surface area contributed by atoms with Crippen LogP contribution in [-0.2, 0) is 25.0 Å². The molecule has 7 heteroatoms. The van der Waals surface area contributed by atoms with Crippen molar-refractivity contribution in [2.45, 2.75) is 124 Å². The van der Waals surface area contributed by atoms with Gasteiger partial charge < -0.3 is 18.5 Å². The minimum Gasteiger partial charge on any atom is -0.488 e. The van der Waals surface area contributed by atoms with E-state index in [4.69, 9.17) is 13.6 Å². The van der Waals surface area contributed by atoms with Gasteiger partial charge in [0.05, 0.1) is 13.2 Å². The Morgan fingerprint density at radius 1 is 0.554 bits per heavy atom. The van der Waals surface area contributed by atoms with Crippen LogP contribution in [0.4, 0.5) is 5.69 Å². The molecule has 0 fully saturated rings. The fourth-order valence-electron chi connectivity index (χ4n) is 11.5. The molecular weight excluding hydrogens is 939 g/mol. The van der Waals surface area contributed by atoms with Crippen molar-refractivity contribution in [2.24, 2.45) is 5.41 Å². The summed E-state index contributed by atoms with van der Waals surface area (Å²) in [6, 6.07) is 59.2. The number of hydrogen-bond acceptors (Lipinski definition) is 5. The third-order valence-corrected chi connectivity index (χ3v) is 25.1. The number of carbonyl (C=O) groups is 1. The molecule has 1 aliphatic carbocycles. The van der Waals surface area contributed by atoms with E-state index in [1.165, 1.54) is 37.4 Å². The van der Waals surface area contributed by atoms with Crippen LogP contribution in [0, 0.1) is 5.41 Å². The topological polar surface area (TPSA) is 48.0 Å². The minimum atomic E-state index is -2.79. The fourth-order valence-corrected chi connectivity index (χ4v) is 20.6. The first kappa shape index (κ1) is 55.9. The van der Waals surface area contributed by atoms with Gasteiger partial charge in [-0.2, -0.15) is 0 Å². The number of hydrogen-bond donors (Lipinski definition) is 0. The third kappa shape index (κ3) is 12.6. The fraction of sp³-hybridized carbons (Fsp3) is 0.358. The van der Waals surface area contributed by atoms with E-state index >= 15 is 0 Å². The molecule has 6 aromatic carbocycles. The second-order valence-electron chi connectivity index (χ2n) is 23.6. The molecule has 0 N–H and O–H groups in total. The summed E-state index contributed by atoms with van der Waals surface area (Å²) in [5.74, 6) is 1.55. The molecule has 0 aromatic heterocycles. The molecule has 5 nitrogen and oxygen atoms in total. The van der Waals surface area contributed by atoms with Crippen molar-refractivity contribution in [3.8, 4) is 0 Å². The molecule has 0 saturated heterocycles. The van der Waals surface area contributed by atoms with Crippen LogP contribution in [0.5, 0.6) is 0 Å². The number of carbonyl (C=O) groups excluding carboxylic acids is 1. The average molecular weight is 1020 g/mol. The highest BCUT2D eigenvalue weighted by molar-refractivity contribution is 7.00. The highest BCUT2D eigenvalue weighted by atomic mass is 28.4. The normalized spacial score (nSPS) is 15.1. The van der Waals surface area contributed by atoms with Gasteiger partial charge in [0.2, 0.25) is 0 Å². The van der Waals surface area contributed by atoms with E-state index < -0.39 is 16.6 Å². The lowest BCUT2D eigenvalue weighted by atomic mass is 9.74. The standard InChI is InChI=1S/C67H83NO4Si2/c1-51(2)61-34-25-35-62(52(3)4)63(61)50-70-64-54(48-67(11,12)49-55(64)42-45-69)39-36-53-37-40-56(41-38-53)68(43-46-71-73(65(5,6)7,57-26-17-13-18-27-57)58-28-19-14-20-29-58)44-47-72-74(66(8,9)10,59-30-21-15-22-31-59)60-32-23-16-24-33-60/h13-42,45,51-52H,43-44,46-50H2,1-12H3/b39-36+,55-42+. The van der Waals surface area contributed by atoms with E-state index in [2.05, 4.69) is 264 Å². The summed E-state index contributed by atoms with van der Waals surface area (Å²) in [6.07, 6.45) is 8.64. The van der Waals surface area contributed by atoms with Gasteiger partial charge in [0.1, 0.15) is 18.7 Å². The molecule has 74 heavy (non-hydrogen) atoms. The Morgan fingerprint density at radius 2 is 0.973 bits per heavy atom. The van der Waals surface area contributed by atoms with Gasteiger partial charge in [-0.15, -0.1) is 0 Å². The monoisotopic (exact) mass is 1020 g/mol. The van der Waals surface area contributed by atoms with Crippen molar-refractivity contribution in [1.29, 1.82) is 0 Å². The van der Waals surface area contributed by atoms with Crippen molar-refractivity contribution in [3.63, 3.8) is 0 Å². The number of nitrogens with zero attached hydrogens (tertiary/aromatic N) is 1. The van der Waals surface area contributed by atoms with Crippen LogP contribution in [0.25, 0.3) is 6.08 Å². The van der Waals surface area contributed by atoms with Crippen molar-refractivity contribution in [1.82, 2.24) is 0 Å². The van der Waals surface area contributed by atoms with Crippen molar-refractivity contribution >= 4 is 55.4 Å². The Morgan fingerprint density at radius 3 is 1.35 bits per heavy atom. The summed E-state index contributed by atoms with van der Waals surface area (Å²) in [6.45, 7) is 30.5. The largest absolute Gasteiger partial charge is 0.488 e. The van der Waals surface area contributed by atoms with E-state index in [0.29, 0.717) is 44.7 Å².